The van der Waals surface area contributed by atoms with Gasteiger partial charge in [-0.1, -0.05) is 12.1 Å². The second kappa shape index (κ2) is 9.70. The average Bonchev–Trinajstić information content (AvgIpc) is 3.55. The second-order valence-corrected chi connectivity index (χ2v) is 8.91. The van der Waals surface area contributed by atoms with Gasteiger partial charge in [0.2, 0.25) is 5.91 Å². The Labute approximate surface area is 195 Å². The van der Waals surface area contributed by atoms with Crippen LogP contribution in [-0.2, 0) is 11.3 Å². The Morgan fingerprint density at radius 2 is 1.79 bits per heavy atom. The summed E-state index contributed by atoms with van der Waals surface area (Å²) in [4.78, 5) is 24.4. The summed E-state index contributed by atoms with van der Waals surface area (Å²) in [6.45, 7) is 8.94. The van der Waals surface area contributed by atoms with E-state index in [9.17, 15) is 4.79 Å². The van der Waals surface area contributed by atoms with Crippen LogP contribution in [0.3, 0.4) is 0 Å². The van der Waals surface area contributed by atoms with Crippen LogP contribution in [0.5, 0.6) is 5.75 Å². The van der Waals surface area contributed by atoms with Gasteiger partial charge in [0.1, 0.15) is 11.6 Å². The topological polar surface area (TPSA) is 85.2 Å². The normalized spacial score (nSPS) is 14.4. The van der Waals surface area contributed by atoms with Gasteiger partial charge in [-0.2, -0.15) is 9.78 Å². The number of ether oxygens (including phenoxy) is 1. The number of amides is 1. The van der Waals surface area contributed by atoms with E-state index in [1.54, 1.807) is 11.8 Å². The molecule has 3 aromatic rings. The van der Waals surface area contributed by atoms with Crippen molar-refractivity contribution in [3.8, 4) is 11.7 Å². The number of nitrogens with one attached hydrogen (secondary N) is 1. The largest absolute Gasteiger partial charge is 0.497 e. The van der Waals surface area contributed by atoms with E-state index in [-0.39, 0.29) is 5.91 Å². The van der Waals surface area contributed by atoms with Crippen molar-refractivity contribution in [1.29, 1.82) is 0 Å². The average molecular weight is 449 g/mol. The Balaban J connectivity index is 1.50. The first kappa shape index (κ1) is 22.9. The summed E-state index contributed by atoms with van der Waals surface area (Å²) >= 11 is 0. The number of nitrogens with zero attached hydrogens (tertiary/aromatic N) is 5. The molecule has 1 N–H and O–H groups in total. The van der Waals surface area contributed by atoms with Crippen LogP contribution in [0, 0.1) is 26.7 Å². The highest BCUT2D eigenvalue weighted by molar-refractivity contribution is 5.91. The van der Waals surface area contributed by atoms with Crippen molar-refractivity contribution < 1.29 is 9.53 Å². The van der Waals surface area contributed by atoms with Gasteiger partial charge in [-0.15, -0.1) is 0 Å². The fourth-order valence-corrected chi connectivity index (χ4v) is 4.10. The summed E-state index contributed by atoms with van der Waals surface area (Å²) in [5, 5.41) is 7.54. The molecule has 8 heteroatoms. The number of aromatic nitrogens is 4. The summed E-state index contributed by atoms with van der Waals surface area (Å²) in [5.74, 6) is 2.42. The van der Waals surface area contributed by atoms with E-state index >= 15 is 0 Å². The van der Waals surface area contributed by atoms with Crippen molar-refractivity contribution in [2.75, 3.05) is 19.0 Å². The molecule has 174 valence electrons. The van der Waals surface area contributed by atoms with Crippen LogP contribution in [0.25, 0.3) is 5.95 Å². The van der Waals surface area contributed by atoms with Crippen molar-refractivity contribution in [3.63, 3.8) is 0 Å². The van der Waals surface area contributed by atoms with Gasteiger partial charge in [0.15, 0.2) is 0 Å². The molecule has 1 unspecified atom stereocenters. The van der Waals surface area contributed by atoms with E-state index in [2.05, 4.69) is 44.3 Å². The fraction of sp³-hybridized carbons (Fsp3) is 0.440. The van der Waals surface area contributed by atoms with E-state index in [4.69, 9.17) is 4.74 Å². The Morgan fingerprint density at radius 3 is 2.39 bits per heavy atom. The SMILES string of the molecule is COc1ccc(CN(CC(=O)Nc2cc(C)nn2-c2nc(C)cc(C)n2)C(C)C2CC2)cc1. The first-order chi connectivity index (χ1) is 15.8. The smallest absolute Gasteiger partial charge is 0.252 e. The molecular weight excluding hydrogens is 416 g/mol. The lowest BCUT2D eigenvalue weighted by Crippen LogP contribution is -2.40. The first-order valence-corrected chi connectivity index (χ1v) is 11.4. The number of carbonyl (C=O) groups excluding carboxylic acids is 1. The van der Waals surface area contributed by atoms with Crippen LogP contribution in [0.15, 0.2) is 36.4 Å². The van der Waals surface area contributed by atoms with Gasteiger partial charge in [0, 0.05) is 30.0 Å². The van der Waals surface area contributed by atoms with Gasteiger partial charge in [-0.25, -0.2) is 9.97 Å². The monoisotopic (exact) mass is 448 g/mol. The third-order valence-electron chi connectivity index (χ3n) is 6.03. The molecule has 1 aliphatic rings. The molecule has 33 heavy (non-hydrogen) atoms. The van der Waals surface area contributed by atoms with Crippen molar-refractivity contribution in [2.24, 2.45) is 5.92 Å². The molecule has 2 heterocycles. The Morgan fingerprint density at radius 1 is 1.12 bits per heavy atom. The third-order valence-corrected chi connectivity index (χ3v) is 6.03. The fourth-order valence-electron chi connectivity index (χ4n) is 4.10. The molecule has 1 aromatic carbocycles. The summed E-state index contributed by atoms with van der Waals surface area (Å²) in [6, 6.07) is 12.1. The van der Waals surface area contributed by atoms with E-state index in [1.807, 2.05) is 45.0 Å². The molecule has 0 spiro atoms. The number of methoxy groups -OCH3 is 1. The minimum Gasteiger partial charge on any atom is -0.497 e. The molecule has 1 atom stereocenters. The Bertz CT molecular complexity index is 1100. The second-order valence-electron chi connectivity index (χ2n) is 8.91. The predicted octanol–water partition coefficient (Wildman–Crippen LogP) is 3.84. The van der Waals surface area contributed by atoms with E-state index in [0.717, 1.165) is 28.4 Å². The summed E-state index contributed by atoms with van der Waals surface area (Å²) in [5.41, 5.74) is 3.65. The standard InChI is InChI=1S/C25H32N6O2/c1-16-12-17(2)27-25(26-16)31-23(13-18(3)29-31)28-24(32)15-30(19(4)21-8-9-21)14-20-6-10-22(33-5)11-7-20/h6-7,10-13,19,21H,8-9,14-15H2,1-5H3,(H,28,32). The van der Waals surface area contributed by atoms with Crippen molar-refractivity contribution in [3.05, 3.63) is 59.0 Å². The van der Waals surface area contributed by atoms with Gasteiger partial charge in [-0.05, 0) is 70.2 Å². The molecule has 8 nitrogen and oxygen atoms in total. The maximum Gasteiger partial charge on any atom is 0.252 e. The number of rotatable bonds is 9. The van der Waals surface area contributed by atoms with Gasteiger partial charge in [0.05, 0.1) is 19.3 Å². The van der Waals surface area contributed by atoms with Crippen LogP contribution >= 0.6 is 0 Å². The van der Waals surface area contributed by atoms with Crippen LogP contribution in [0.4, 0.5) is 5.82 Å². The summed E-state index contributed by atoms with van der Waals surface area (Å²) in [6.07, 6.45) is 2.44. The molecule has 1 amide bonds. The summed E-state index contributed by atoms with van der Waals surface area (Å²) < 4.78 is 6.87. The van der Waals surface area contributed by atoms with Crippen molar-refractivity contribution >= 4 is 11.7 Å². The lowest BCUT2D eigenvalue weighted by molar-refractivity contribution is -0.118. The lowest BCUT2D eigenvalue weighted by atomic mass is 10.1. The third kappa shape index (κ3) is 5.76. The molecule has 0 radical (unpaired) electrons. The number of hydrogen-bond acceptors (Lipinski definition) is 6. The minimum absolute atomic E-state index is 0.0819. The van der Waals surface area contributed by atoms with Crippen LogP contribution in [-0.4, -0.2) is 50.3 Å². The molecule has 1 saturated carbocycles. The predicted molar refractivity (Wildman–Crippen MR) is 128 cm³/mol. The first-order valence-electron chi connectivity index (χ1n) is 11.4. The number of benzene rings is 1. The van der Waals surface area contributed by atoms with E-state index < -0.39 is 0 Å². The maximum atomic E-state index is 13.1. The number of carbonyl (C=O) groups is 1. The summed E-state index contributed by atoms with van der Waals surface area (Å²) in [7, 11) is 1.66. The highest BCUT2D eigenvalue weighted by Gasteiger charge is 2.33. The van der Waals surface area contributed by atoms with Crippen molar-refractivity contribution in [1.82, 2.24) is 24.6 Å². The van der Waals surface area contributed by atoms with Gasteiger partial charge < -0.3 is 10.1 Å². The molecule has 4 rings (SSSR count). The molecule has 2 aromatic heterocycles. The molecular formula is C25H32N6O2. The van der Waals surface area contributed by atoms with Crippen LogP contribution in [0.1, 0.15) is 42.4 Å². The zero-order valence-corrected chi connectivity index (χ0v) is 20.0. The lowest BCUT2D eigenvalue weighted by Gasteiger charge is -2.28. The maximum absolute atomic E-state index is 13.1. The highest BCUT2D eigenvalue weighted by atomic mass is 16.5. The Hall–Kier alpha value is -3.26. The van der Waals surface area contributed by atoms with Crippen LogP contribution in [0.2, 0.25) is 0 Å². The van der Waals surface area contributed by atoms with E-state index in [0.29, 0.717) is 36.8 Å². The van der Waals surface area contributed by atoms with Gasteiger partial charge in [0.25, 0.3) is 5.95 Å². The van der Waals surface area contributed by atoms with Crippen molar-refractivity contribution in [2.45, 2.75) is 53.1 Å². The number of aryl methyl sites for hydroxylation is 3. The zero-order valence-electron chi connectivity index (χ0n) is 20.0. The molecule has 0 bridgehead atoms. The van der Waals surface area contributed by atoms with Gasteiger partial charge >= 0.3 is 0 Å². The highest BCUT2D eigenvalue weighted by Crippen LogP contribution is 2.35. The zero-order chi connectivity index (χ0) is 23.5. The van der Waals surface area contributed by atoms with E-state index in [1.165, 1.54) is 12.8 Å². The van der Waals surface area contributed by atoms with Gasteiger partial charge in [-0.3, -0.25) is 9.69 Å². The quantitative estimate of drug-likeness (QED) is 0.535. The number of anilines is 1. The Kier molecular flexibility index (Phi) is 6.74. The molecule has 1 fully saturated rings. The van der Waals surface area contributed by atoms with Crippen LogP contribution < -0.4 is 10.1 Å². The molecule has 0 aliphatic heterocycles. The number of hydrogen-bond donors (Lipinski definition) is 1. The molecule has 1 aliphatic carbocycles. The molecule has 0 saturated heterocycles. The minimum atomic E-state index is -0.0819.